The molecule has 0 saturated carbocycles. The molecule has 118 valence electrons. The van der Waals surface area contributed by atoms with Gasteiger partial charge in [0.15, 0.2) is 0 Å². The van der Waals surface area contributed by atoms with Crippen molar-refractivity contribution >= 4 is 12.0 Å². The van der Waals surface area contributed by atoms with Crippen LogP contribution >= 0.6 is 0 Å². The van der Waals surface area contributed by atoms with E-state index in [-0.39, 0.29) is 0 Å². The van der Waals surface area contributed by atoms with E-state index in [0.29, 0.717) is 0 Å². The highest BCUT2D eigenvalue weighted by Gasteiger charge is 2.51. The molecule has 0 radical (unpaired) electrons. The lowest BCUT2D eigenvalue weighted by molar-refractivity contribution is -0.134. The third-order valence-electron chi connectivity index (χ3n) is 2.78. The molecule has 2 amide bonds. The van der Waals surface area contributed by atoms with Crippen molar-refractivity contribution in [3.8, 4) is 0 Å². The largest absolute Gasteiger partial charge is 0.444 e. The Morgan fingerprint density at radius 1 is 1.48 bits per heavy atom. The number of nitrogens with one attached hydrogen (secondary N) is 1. The Kier molecular flexibility index (Phi) is 4.76. The van der Waals surface area contributed by atoms with E-state index in [1.807, 2.05) is 0 Å². The highest BCUT2D eigenvalue weighted by atomic mass is 19.3. The number of alkyl carbamates (subject to hydrolysis) is 1. The van der Waals surface area contributed by atoms with Gasteiger partial charge in [0, 0.05) is 0 Å². The van der Waals surface area contributed by atoms with E-state index in [1.54, 1.807) is 20.8 Å². The quantitative estimate of drug-likeness (QED) is 0.794. The van der Waals surface area contributed by atoms with Crippen molar-refractivity contribution < 1.29 is 23.1 Å². The van der Waals surface area contributed by atoms with Gasteiger partial charge in [0.05, 0.1) is 6.54 Å². The molecule has 8 heteroatoms. The minimum Gasteiger partial charge on any atom is -0.444 e. The van der Waals surface area contributed by atoms with Crippen LogP contribution in [-0.2, 0) is 9.53 Å². The summed E-state index contributed by atoms with van der Waals surface area (Å²) in [5.74, 6) is -3.80. The van der Waals surface area contributed by atoms with E-state index in [0.717, 1.165) is 4.90 Å². The number of amides is 2. The molecule has 0 aromatic rings. The number of hydrogen-bond donors (Lipinski definition) is 1. The van der Waals surface area contributed by atoms with Crippen LogP contribution in [0.2, 0.25) is 0 Å². The fourth-order valence-corrected chi connectivity index (χ4v) is 1.93. The summed E-state index contributed by atoms with van der Waals surface area (Å²) in [5.41, 5.74) is -0.730. The second-order valence-corrected chi connectivity index (χ2v) is 6.00. The monoisotopic (exact) mass is 303 g/mol. The number of carbonyl (C=O) groups excluding carboxylic acids is 2. The van der Waals surface area contributed by atoms with Gasteiger partial charge in [0.25, 0.3) is 11.8 Å². The van der Waals surface area contributed by atoms with Crippen molar-refractivity contribution in [2.24, 2.45) is 0 Å². The maximum Gasteiger partial charge on any atom is 0.408 e. The van der Waals surface area contributed by atoms with E-state index < -0.39 is 48.7 Å². The van der Waals surface area contributed by atoms with Crippen LogP contribution in [-0.4, -0.2) is 47.2 Å². The molecule has 1 N–H and O–H groups in total. The second-order valence-electron chi connectivity index (χ2n) is 6.00. The predicted molar refractivity (Wildman–Crippen MR) is 70.5 cm³/mol. The minimum absolute atomic E-state index is 0.679. The Morgan fingerprint density at radius 2 is 2.05 bits per heavy atom. The smallest absolute Gasteiger partial charge is 0.408 e. The van der Waals surface area contributed by atoms with Crippen LogP contribution in [0.25, 0.3) is 4.85 Å². The molecule has 0 aromatic heterocycles. The van der Waals surface area contributed by atoms with Gasteiger partial charge in [-0.15, -0.1) is 0 Å². The molecule has 1 fully saturated rings. The van der Waals surface area contributed by atoms with Gasteiger partial charge < -0.3 is 10.1 Å². The van der Waals surface area contributed by atoms with E-state index in [2.05, 4.69) is 10.2 Å². The molecule has 0 aromatic carbocycles. The van der Waals surface area contributed by atoms with Crippen LogP contribution in [0.1, 0.15) is 34.1 Å². The van der Waals surface area contributed by atoms with Gasteiger partial charge in [0.1, 0.15) is 18.1 Å². The molecule has 0 aliphatic carbocycles. The number of rotatable bonds is 2. The van der Waals surface area contributed by atoms with Crippen molar-refractivity contribution in [2.75, 3.05) is 6.54 Å². The normalized spacial score (nSPS) is 22.3. The summed E-state index contributed by atoms with van der Waals surface area (Å²) in [7, 11) is 0. The third-order valence-corrected chi connectivity index (χ3v) is 2.78. The van der Waals surface area contributed by atoms with E-state index in [9.17, 15) is 18.4 Å². The van der Waals surface area contributed by atoms with Crippen molar-refractivity contribution in [1.29, 1.82) is 0 Å². The molecule has 2 atom stereocenters. The van der Waals surface area contributed by atoms with Crippen LogP contribution in [0.4, 0.5) is 13.6 Å². The van der Waals surface area contributed by atoms with E-state index in [1.165, 1.54) is 6.92 Å². The molecular formula is C13H19F2N3O3. The van der Waals surface area contributed by atoms with E-state index in [4.69, 9.17) is 11.3 Å². The SMILES string of the molecule is [C-]#[N+][C@@H]1CC(F)(F)CN1C(=O)[C@H](C)NC(=O)OC(C)(C)C. The highest BCUT2D eigenvalue weighted by molar-refractivity contribution is 5.86. The van der Waals surface area contributed by atoms with Crippen LogP contribution in [0, 0.1) is 6.57 Å². The lowest BCUT2D eigenvalue weighted by atomic mass is 10.2. The van der Waals surface area contributed by atoms with Crippen molar-refractivity contribution in [2.45, 2.75) is 57.8 Å². The Balaban J connectivity index is 2.67. The fraction of sp³-hybridized carbons (Fsp3) is 0.769. The highest BCUT2D eigenvalue weighted by Crippen LogP contribution is 2.33. The summed E-state index contributed by atoms with van der Waals surface area (Å²) in [6.45, 7) is 12.4. The van der Waals surface area contributed by atoms with E-state index >= 15 is 0 Å². The van der Waals surface area contributed by atoms with Gasteiger partial charge >= 0.3 is 12.3 Å². The topological polar surface area (TPSA) is 63.0 Å². The Bertz CT molecular complexity index is 468. The Labute approximate surface area is 122 Å². The summed E-state index contributed by atoms with van der Waals surface area (Å²) in [6, 6.07) is -1.04. The van der Waals surface area contributed by atoms with Crippen molar-refractivity contribution in [1.82, 2.24) is 10.2 Å². The molecule has 0 spiro atoms. The summed E-state index contributed by atoms with van der Waals surface area (Å²) in [6.07, 6.45) is -2.69. The third kappa shape index (κ3) is 4.85. The summed E-state index contributed by atoms with van der Waals surface area (Å²) < 4.78 is 31.6. The second kappa shape index (κ2) is 5.84. The number of carbonyl (C=O) groups is 2. The van der Waals surface area contributed by atoms with Gasteiger partial charge in [-0.1, -0.05) is 0 Å². The molecule has 1 saturated heterocycles. The number of ether oxygens (including phenoxy) is 1. The molecule has 1 heterocycles. The first-order valence-electron chi connectivity index (χ1n) is 6.49. The number of halogens is 2. The summed E-state index contributed by atoms with van der Waals surface area (Å²) in [5, 5.41) is 2.28. The van der Waals surface area contributed by atoms with Crippen molar-refractivity contribution in [3.05, 3.63) is 11.4 Å². The zero-order chi connectivity index (χ0) is 16.4. The van der Waals surface area contributed by atoms with Crippen LogP contribution in [0.15, 0.2) is 0 Å². The number of hydrogen-bond acceptors (Lipinski definition) is 3. The maximum atomic E-state index is 13.3. The average Bonchev–Trinajstić information content (AvgIpc) is 2.60. The lowest BCUT2D eigenvalue weighted by Gasteiger charge is -2.24. The zero-order valence-corrected chi connectivity index (χ0v) is 12.4. The van der Waals surface area contributed by atoms with Gasteiger partial charge in [-0.2, -0.15) is 0 Å². The van der Waals surface area contributed by atoms with Crippen LogP contribution < -0.4 is 5.32 Å². The number of likely N-dealkylation sites (tertiary alicyclic amines) is 1. The molecule has 0 bridgehead atoms. The summed E-state index contributed by atoms with van der Waals surface area (Å²) >= 11 is 0. The molecule has 0 unspecified atom stereocenters. The van der Waals surface area contributed by atoms with Crippen LogP contribution in [0.3, 0.4) is 0 Å². The van der Waals surface area contributed by atoms with Crippen molar-refractivity contribution in [3.63, 3.8) is 0 Å². The van der Waals surface area contributed by atoms with Gasteiger partial charge in [-0.05, 0) is 27.7 Å². The minimum atomic E-state index is -3.07. The first-order chi connectivity index (χ1) is 9.45. The molecule has 1 rings (SSSR count). The fourth-order valence-electron chi connectivity index (χ4n) is 1.93. The van der Waals surface area contributed by atoms with Gasteiger partial charge in [-0.25, -0.2) is 20.1 Å². The first-order valence-corrected chi connectivity index (χ1v) is 6.49. The number of alkyl halides is 2. The maximum absolute atomic E-state index is 13.3. The molecule has 1 aliphatic rings. The molecule has 1 aliphatic heterocycles. The molecular weight excluding hydrogens is 284 g/mol. The van der Waals surface area contributed by atoms with Gasteiger partial charge in [-0.3, -0.25) is 14.5 Å². The average molecular weight is 303 g/mol. The molecule has 6 nitrogen and oxygen atoms in total. The summed E-state index contributed by atoms with van der Waals surface area (Å²) in [4.78, 5) is 27.5. The predicted octanol–water partition coefficient (Wildman–Crippen LogP) is 2.01. The lowest BCUT2D eigenvalue weighted by Crippen LogP contribution is -2.49. The standard InChI is InChI=1S/C13H19F2N3O3/c1-8(17-11(20)21-12(2,3)4)10(19)18-7-13(14,15)6-9(18)16-5/h8-9H,6-7H2,1-4H3,(H,17,20)/t8-,9-/m0/s1. The van der Waals surface area contributed by atoms with Crippen LogP contribution in [0.5, 0.6) is 0 Å². The Morgan fingerprint density at radius 3 is 2.52 bits per heavy atom. The Hall–Kier alpha value is -1.91. The first kappa shape index (κ1) is 17.1. The van der Waals surface area contributed by atoms with Gasteiger partial charge in [0.2, 0.25) is 0 Å². The molecule has 21 heavy (non-hydrogen) atoms. The number of nitrogens with zero attached hydrogens (tertiary/aromatic N) is 2. The zero-order valence-electron chi connectivity index (χ0n) is 12.4.